The normalized spacial score (nSPS) is 20.2. The quantitative estimate of drug-likeness (QED) is 0.807. The molecule has 4 heteroatoms. The molecule has 0 aliphatic heterocycles. The van der Waals surface area contributed by atoms with Crippen LogP contribution in [0.3, 0.4) is 0 Å². The number of amides is 1. The van der Waals surface area contributed by atoms with Crippen molar-refractivity contribution in [2.75, 3.05) is 6.61 Å². The van der Waals surface area contributed by atoms with Crippen molar-refractivity contribution in [2.24, 2.45) is 11.8 Å². The Morgan fingerprint density at radius 1 is 1.25 bits per heavy atom. The van der Waals surface area contributed by atoms with Crippen molar-refractivity contribution in [3.05, 3.63) is 35.4 Å². The molecule has 0 radical (unpaired) electrons. The van der Waals surface area contributed by atoms with Gasteiger partial charge < -0.3 is 10.4 Å². The molecule has 0 spiro atoms. The summed E-state index contributed by atoms with van der Waals surface area (Å²) < 4.78 is 0. The van der Waals surface area contributed by atoms with Crippen LogP contribution < -0.4 is 5.32 Å². The smallest absolute Gasteiger partial charge is 0.227 e. The van der Waals surface area contributed by atoms with E-state index in [0.29, 0.717) is 5.78 Å². The van der Waals surface area contributed by atoms with Crippen LogP contribution in [0.1, 0.15) is 57.1 Å². The number of aliphatic hydroxyl groups excluding tert-OH is 1. The number of carbonyl (C=O) groups excluding carboxylic acids is 2. The number of aliphatic hydroxyl groups is 1. The fourth-order valence-electron chi connectivity index (χ4n) is 3.21. The van der Waals surface area contributed by atoms with Gasteiger partial charge >= 0.3 is 0 Å². The Morgan fingerprint density at radius 3 is 2.42 bits per heavy atom. The minimum atomic E-state index is -0.264. The van der Waals surface area contributed by atoms with E-state index in [1.807, 2.05) is 45.0 Å². The molecule has 3 atom stereocenters. The second kappa shape index (κ2) is 8.43. The van der Waals surface area contributed by atoms with Crippen LogP contribution in [0.2, 0.25) is 0 Å². The molecule has 1 aromatic carbocycles. The van der Waals surface area contributed by atoms with Gasteiger partial charge in [0.2, 0.25) is 5.91 Å². The molecule has 0 saturated heterocycles. The number of hydrogen-bond donors (Lipinski definition) is 2. The zero-order valence-corrected chi connectivity index (χ0v) is 14.9. The Labute approximate surface area is 144 Å². The Balaban J connectivity index is 1.96. The molecule has 1 fully saturated rings. The van der Waals surface area contributed by atoms with E-state index in [9.17, 15) is 14.7 Å². The topological polar surface area (TPSA) is 66.4 Å². The van der Waals surface area contributed by atoms with Crippen LogP contribution in [0, 0.1) is 11.8 Å². The molecule has 2 N–H and O–H groups in total. The summed E-state index contributed by atoms with van der Waals surface area (Å²) in [5.74, 6) is 0.419. The summed E-state index contributed by atoms with van der Waals surface area (Å²) in [6, 6.07) is 7.78. The van der Waals surface area contributed by atoms with Crippen LogP contribution in [0.15, 0.2) is 24.3 Å². The predicted octanol–water partition coefficient (Wildman–Crippen LogP) is 2.83. The largest absolute Gasteiger partial charge is 0.394 e. The summed E-state index contributed by atoms with van der Waals surface area (Å²) in [5.41, 5.74) is 2.11. The SMILES string of the molecule is CC(C)[C@H](CO)NC(=O)[C@@H](C)c1ccc(C[C@H]2CCCC2=O)cc1. The maximum Gasteiger partial charge on any atom is 0.227 e. The van der Waals surface area contributed by atoms with Gasteiger partial charge in [0.05, 0.1) is 18.6 Å². The molecule has 24 heavy (non-hydrogen) atoms. The van der Waals surface area contributed by atoms with Crippen molar-refractivity contribution >= 4 is 11.7 Å². The Kier molecular flexibility index (Phi) is 6.55. The average Bonchev–Trinajstić information content (AvgIpc) is 2.97. The fourth-order valence-corrected chi connectivity index (χ4v) is 3.21. The predicted molar refractivity (Wildman–Crippen MR) is 94.8 cm³/mol. The van der Waals surface area contributed by atoms with Crippen molar-refractivity contribution in [3.8, 4) is 0 Å². The standard InChI is InChI=1S/C20H29NO3/c1-13(2)18(12-22)21-20(24)14(3)16-9-7-15(8-10-16)11-17-5-4-6-19(17)23/h7-10,13-14,17-18,22H,4-6,11-12H2,1-3H3,(H,21,24)/t14-,17+,18-/m0/s1. The Hall–Kier alpha value is -1.68. The highest BCUT2D eigenvalue weighted by atomic mass is 16.3. The lowest BCUT2D eigenvalue weighted by Crippen LogP contribution is -2.42. The molecule has 1 saturated carbocycles. The maximum absolute atomic E-state index is 12.4. The Morgan fingerprint density at radius 2 is 1.92 bits per heavy atom. The van der Waals surface area contributed by atoms with Crippen molar-refractivity contribution in [3.63, 3.8) is 0 Å². The number of hydrogen-bond acceptors (Lipinski definition) is 3. The lowest BCUT2D eigenvalue weighted by Gasteiger charge is -2.22. The first kappa shape index (κ1) is 18.7. The second-order valence-corrected chi connectivity index (χ2v) is 7.26. The van der Waals surface area contributed by atoms with E-state index >= 15 is 0 Å². The van der Waals surface area contributed by atoms with Gasteiger partial charge in [-0.25, -0.2) is 0 Å². The van der Waals surface area contributed by atoms with Crippen molar-refractivity contribution in [1.82, 2.24) is 5.32 Å². The average molecular weight is 331 g/mol. The third-order valence-electron chi connectivity index (χ3n) is 5.12. The Bertz CT molecular complexity index is 565. The van der Waals surface area contributed by atoms with E-state index in [1.165, 1.54) is 0 Å². The van der Waals surface area contributed by atoms with Gasteiger partial charge in [0, 0.05) is 12.3 Å². The van der Waals surface area contributed by atoms with E-state index in [1.54, 1.807) is 0 Å². The molecule has 1 amide bonds. The third-order valence-corrected chi connectivity index (χ3v) is 5.12. The number of ketones is 1. The summed E-state index contributed by atoms with van der Waals surface area (Å²) >= 11 is 0. The number of carbonyl (C=O) groups is 2. The van der Waals surface area contributed by atoms with Gasteiger partial charge in [0.15, 0.2) is 0 Å². The first-order chi connectivity index (χ1) is 11.4. The van der Waals surface area contributed by atoms with E-state index < -0.39 is 0 Å². The van der Waals surface area contributed by atoms with Crippen molar-refractivity contribution in [1.29, 1.82) is 0 Å². The molecule has 4 nitrogen and oxygen atoms in total. The minimum Gasteiger partial charge on any atom is -0.394 e. The maximum atomic E-state index is 12.4. The van der Waals surface area contributed by atoms with Crippen molar-refractivity contribution in [2.45, 2.75) is 58.4 Å². The van der Waals surface area contributed by atoms with Crippen molar-refractivity contribution < 1.29 is 14.7 Å². The number of rotatable bonds is 7. The molecule has 1 aliphatic carbocycles. The van der Waals surface area contributed by atoms with Gasteiger partial charge in [-0.15, -0.1) is 0 Å². The summed E-state index contributed by atoms with van der Waals surface area (Å²) in [6.07, 6.45) is 3.54. The van der Waals surface area contributed by atoms with Gasteiger partial charge in [-0.05, 0) is 43.2 Å². The second-order valence-electron chi connectivity index (χ2n) is 7.26. The molecule has 2 rings (SSSR count). The molecule has 0 heterocycles. The zero-order valence-electron chi connectivity index (χ0n) is 14.9. The van der Waals surface area contributed by atoms with E-state index in [0.717, 1.165) is 36.8 Å². The molecular weight excluding hydrogens is 302 g/mol. The van der Waals surface area contributed by atoms with Gasteiger partial charge in [0.25, 0.3) is 0 Å². The molecule has 1 aromatic rings. The molecule has 1 aliphatic rings. The lowest BCUT2D eigenvalue weighted by molar-refractivity contribution is -0.123. The molecule has 0 aromatic heterocycles. The van der Waals surface area contributed by atoms with Crippen LogP contribution in [0.4, 0.5) is 0 Å². The van der Waals surface area contributed by atoms with Gasteiger partial charge in [-0.1, -0.05) is 38.1 Å². The first-order valence-electron chi connectivity index (χ1n) is 8.95. The fraction of sp³-hybridized carbons (Fsp3) is 0.600. The number of Topliss-reactive ketones (excluding diaryl/α,β-unsaturated/α-hetero) is 1. The van der Waals surface area contributed by atoms with Gasteiger partial charge in [-0.3, -0.25) is 9.59 Å². The van der Waals surface area contributed by atoms with E-state index in [2.05, 4.69) is 5.32 Å². The highest BCUT2D eigenvalue weighted by Gasteiger charge is 2.25. The highest BCUT2D eigenvalue weighted by Crippen LogP contribution is 2.26. The molecule has 0 unspecified atom stereocenters. The summed E-state index contributed by atoms with van der Waals surface area (Å²) in [6.45, 7) is 5.78. The monoisotopic (exact) mass is 331 g/mol. The zero-order chi connectivity index (χ0) is 17.7. The number of nitrogens with one attached hydrogen (secondary N) is 1. The van der Waals surface area contributed by atoms with Crippen LogP contribution in [0.25, 0.3) is 0 Å². The summed E-state index contributed by atoms with van der Waals surface area (Å²) in [7, 11) is 0. The van der Waals surface area contributed by atoms with E-state index in [4.69, 9.17) is 0 Å². The number of benzene rings is 1. The van der Waals surface area contributed by atoms with E-state index in [-0.39, 0.29) is 36.3 Å². The van der Waals surface area contributed by atoms with Gasteiger partial charge in [-0.2, -0.15) is 0 Å². The molecular formula is C20H29NO3. The summed E-state index contributed by atoms with van der Waals surface area (Å²) in [5, 5.41) is 12.3. The summed E-state index contributed by atoms with van der Waals surface area (Å²) in [4.78, 5) is 24.1. The molecule has 132 valence electrons. The van der Waals surface area contributed by atoms with Crippen LogP contribution in [-0.2, 0) is 16.0 Å². The van der Waals surface area contributed by atoms with Gasteiger partial charge in [0.1, 0.15) is 5.78 Å². The van der Waals surface area contributed by atoms with Crippen LogP contribution >= 0.6 is 0 Å². The lowest BCUT2D eigenvalue weighted by atomic mass is 9.93. The first-order valence-corrected chi connectivity index (χ1v) is 8.95. The highest BCUT2D eigenvalue weighted by molar-refractivity contribution is 5.84. The third kappa shape index (κ3) is 4.67. The van der Waals surface area contributed by atoms with Crippen LogP contribution in [-0.4, -0.2) is 29.4 Å². The van der Waals surface area contributed by atoms with Crippen LogP contribution in [0.5, 0.6) is 0 Å². The minimum absolute atomic E-state index is 0.0511. The molecule has 0 bridgehead atoms.